The van der Waals surface area contributed by atoms with Gasteiger partial charge in [0.1, 0.15) is 0 Å². The SMILES string of the molecule is Brc1ccsc1C1COC1. The minimum absolute atomic E-state index is 0.661. The van der Waals surface area contributed by atoms with Gasteiger partial charge in [-0.1, -0.05) is 0 Å². The lowest BCUT2D eigenvalue weighted by Crippen LogP contribution is -2.24. The summed E-state index contributed by atoms with van der Waals surface area (Å²) >= 11 is 5.30. The van der Waals surface area contributed by atoms with Crippen molar-refractivity contribution in [3.8, 4) is 0 Å². The van der Waals surface area contributed by atoms with Gasteiger partial charge in [0, 0.05) is 15.3 Å². The van der Waals surface area contributed by atoms with Gasteiger partial charge >= 0.3 is 0 Å². The Kier molecular flexibility index (Phi) is 1.80. The molecule has 1 fully saturated rings. The Morgan fingerprint density at radius 3 is 2.80 bits per heavy atom. The molecule has 1 nitrogen and oxygen atoms in total. The fraction of sp³-hybridized carbons (Fsp3) is 0.429. The van der Waals surface area contributed by atoms with Crippen LogP contribution in [0.1, 0.15) is 10.8 Å². The lowest BCUT2D eigenvalue weighted by molar-refractivity contribution is 0.00962. The van der Waals surface area contributed by atoms with Gasteiger partial charge in [-0.2, -0.15) is 0 Å². The van der Waals surface area contributed by atoms with Crippen LogP contribution in [0.25, 0.3) is 0 Å². The van der Waals surface area contributed by atoms with E-state index in [1.165, 1.54) is 9.35 Å². The molecule has 1 aromatic heterocycles. The summed E-state index contributed by atoms with van der Waals surface area (Å²) in [4.78, 5) is 1.44. The first-order valence-electron chi connectivity index (χ1n) is 3.18. The Morgan fingerprint density at radius 1 is 1.60 bits per heavy atom. The second-order valence-corrected chi connectivity index (χ2v) is 4.17. The van der Waals surface area contributed by atoms with Crippen molar-refractivity contribution in [2.24, 2.45) is 0 Å². The minimum atomic E-state index is 0.661. The largest absolute Gasteiger partial charge is 0.380 e. The van der Waals surface area contributed by atoms with E-state index in [-0.39, 0.29) is 0 Å². The van der Waals surface area contributed by atoms with Crippen molar-refractivity contribution >= 4 is 27.3 Å². The van der Waals surface area contributed by atoms with Gasteiger partial charge in [0.05, 0.1) is 13.2 Å². The molecule has 0 amide bonds. The second kappa shape index (κ2) is 2.64. The van der Waals surface area contributed by atoms with Crippen LogP contribution >= 0.6 is 27.3 Å². The maximum Gasteiger partial charge on any atom is 0.0565 e. The van der Waals surface area contributed by atoms with Crippen LogP contribution in [0, 0.1) is 0 Å². The molecule has 1 aliphatic heterocycles. The van der Waals surface area contributed by atoms with Gasteiger partial charge in [-0.25, -0.2) is 0 Å². The Morgan fingerprint density at radius 2 is 2.40 bits per heavy atom. The van der Waals surface area contributed by atoms with E-state index in [9.17, 15) is 0 Å². The van der Waals surface area contributed by atoms with Crippen LogP contribution in [0.5, 0.6) is 0 Å². The zero-order valence-electron chi connectivity index (χ0n) is 5.34. The van der Waals surface area contributed by atoms with E-state index in [1.54, 1.807) is 11.3 Å². The van der Waals surface area contributed by atoms with Crippen molar-refractivity contribution in [3.63, 3.8) is 0 Å². The summed E-state index contributed by atoms with van der Waals surface area (Å²) in [5, 5.41) is 2.11. The number of thiophene rings is 1. The van der Waals surface area contributed by atoms with Crippen molar-refractivity contribution in [2.75, 3.05) is 13.2 Å². The zero-order chi connectivity index (χ0) is 6.97. The maximum atomic E-state index is 5.10. The van der Waals surface area contributed by atoms with E-state index in [1.807, 2.05) is 0 Å². The number of rotatable bonds is 1. The van der Waals surface area contributed by atoms with E-state index >= 15 is 0 Å². The van der Waals surface area contributed by atoms with Gasteiger partial charge < -0.3 is 4.74 Å². The molecular formula is C7H7BrOS. The van der Waals surface area contributed by atoms with Crippen molar-refractivity contribution in [1.29, 1.82) is 0 Å². The fourth-order valence-corrected chi connectivity index (χ4v) is 2.75. The predicted octanol–water partition coefficient (Wildman–Crippen LogP) is 2.62. The maximum absolute atomic E-state index is 5.10. The molecule has 0 spiro atoms. The lowest BCUT2D eigenvalue weighted by atomic mass is 10.1. The lowest BCUT2D eigenvalue weighted by Gasteiger charge is -2.25. The number of halogens is 1. The Hall–Kier alpha value is 0.140. The highest BCUT2D eigenvalue weighted by Gasteiger charge is 2.23. The number of hydrogen-bond donors (Lipinski definition) is 0. The molecule has 0 aliphatic carbocycles. The Labute approximate surface area is 72.1 Å². The van der Waals surface area contributed by atoms with Crippen molar-refractivity contribution in [2.45, 2.75) is 5.92 Å². The molecule has 0 unspecified atom stereocenters. The van der Waals surface area contributed by atoms with E-state index < -0.39 is 0 Å². The second-order valence-electron chi connectivity index (χ2n) is 2.37. The minimum Gasteiger partial charge on any atom is -0.380 e. The molecule has 0 atom stereocenters. The van der Waals surface area contributed by atoms with Crippen LogP contribution in [0.15, 0.2) is 15.9 Å². The quantitative estimate of drug-likeness (QED) is 0.705. The average Bonchev–Trinajstić information content (AvgIpc) is 2.12. The third-order valence-electron chi connectivity index (χ3n) is 1.65. The van der Waals surface area contributed by atoms with E-state index in [0.717, 1.165) is 13.2 Å². The molecule has 1 aliphatic rings. The number of hydrogen-bond acceptors (Lipinski definition) is 2. The topological polar surface area (TPSA) is 9.23 Å². The molecule has 0 N–H and O–H groups in total. The summed E-state index contributed by atoms with van der Waals surface area (Å²) in [7, 11) is 0. The van der Waals surface area contributed by atoms with Crippen LogP contribution in [0.4, 0.5) is 0 Å². The highest BCUT2D eigenvalue weighted by atomic mass is 79.9. The van der Waals surface area contributed by atoms with Gasteiger partial charge in [-0.3, -0.25) is 0 Å². The van der Waals surface area contributed by atoms with Crippen LogP contribution in [-0.4, -0.2) is 13.2 Å². The molecule has 3 heteroatoms. The van der Waals surface area contributed by atoms with Crippen LogP contribution in [0.2, 0.25) is 0 Å². The Balaban J connectivity index is 2.23. The molecule has 0 aromatic carbocycles. The van der Waals surface area contributed by atoms with Crippen molar-refractivity contribution < 1.29 is 4.74 Å². The normalized spacial score (nSPS) is 18.9. The zero-order valence-corrected chi connectivity index (χ0v) is 7.74. The van der Waals surface area contributed by atoms with Gasteiger partial charge in [-0.05, 0) is 27.4 Å². The third-order valence-corrected chi connectivity index (χ3v) is 3.69. The van der Waals surface area contributed by atoms with Crippen molar-refractivity contribution in [3.05, 3.63) is 20.8 Å². The smallest absolute Gasteiger partial charge is 0.0565 e. The predicted molar refractivity (Wildman–Crippen MR) is 45.6 cm³/mol. The third kappa shape index (κ3) is 1.02. The highest BCUT2D eigenvalue weighted by Crippen LogP contribution is 2.34. The van der Waals surface area contributed by atoms with Crippen LogP contribution in [0.3, 0.4) is 0 Å². The van der Waals surface area contributed by atoms with E-state index in [2.05, 4.69) is 27.4 Å². The molecule has 2 rings (SSSR count). The standard InChI is InChI=1S/C7H7BrOS/c8-6-1-2-10-7(6)5-3-9-4-5/h1-2,5H,3-4H2. The summed E-state index contributed by atoms with van der Waals surface area (Å²) in [5.74, 6) is 0.661. The first-order valence-corrected chi connectivity index (χ1v) is 4.86. The first kappa shape index (κ1) is 6.83. The molecule has 0 bridgehead atoms. The molecule has 1 saturated heterocycles. The Bertz CT molecular complexity index is 229. The van der Waals surface area contributed by atoms with Gasteiger partial charge in [0.2, 0.25) is 0 Å². The summed E-state index contributed by atoms with van der Waals surface area (Å²) in [6.07, 6.45) is 0. The molecule has 10 heavy (non-hydrogen) atoms. The van der Waals surface area contributed by atoms with Gasteiger partial charge in [-0.15, -0.1) is 11.3 Å². The monoisotopic (exact) mass is 218 g/mol. The molecular weight excluding hydrogens is 212 g/mol. The van der Waals surface area contributed by atoms with Gasteiger partial charge in [0.15, 0.2) is 0 Å². The van der Waals surface area contributed by atoms with Crippen LogP contribution < -0.4 is 0 Å². The van der Waals surface area contributed by atoms with E-state index in [4.69, 9.17) is 4.74 Å². The van der Waals surface area contributed by atoms with E-state index in [0.29, 0.717) is 5.92 Å². The first-order chi connectivity index (χ1) is 4.88. The summed E-state index contributed by atoms with van der Waals surface area (Å²) in [5.41, 5.74) is 0. The molecule has 0 radical (unpaired) electrons. The fourth-order valence-electron chi connectivity index (χ4n) is 0.984. The summed E-state index contributed by atoms with van der Waals surface area (Å²) in [6, 6.07) is 2.10. The molecule has 0 saturated carbocycles. The van der Waals surface area contributed by atoms with Crippen molar-refractivity contribution in [1.82, 2.24) is 0 Å². The summed E-state index contributed by atoms with van der Waals surface area (Å²) < 4.78 is 6.34. The molecule has 54 valence electrons. The summed E-state index contributed by atoms with van der Waals surface area (Å²) in [6.45, 7) is 1.80. The van der Waals surface area contributed by atoms with Crippen LogP contribution in [-0.2, 0) is 4.74 Å². The van der Waals surface area contributed by atoms with Gasteiger partial charge in [0.25, 0.3) is 0 Å². The average molecular weight is 219 g/mol. The highest BCUT2D eigenvalue weighted by molar-refractivity contribution is 9.10. The number of ether oxygens (including phenoxy) is 1. The molecule has 1 aromatic rings. The molecule has 2 heterocycles.